The highest BCUT2D eigenvalue weighted by atomic mass is 16.2. The molecular weight excluding hydrogens is 250 g/mol. The molecule has 4 nitrogen and oxygen atoms in total. The summed E-state index contributed by atoms with van der Waals surface area (Å²) in [5.74, 6) is -0.0910. The minimum atomic E-state index is -0.472. The van der Waals surface area contributed by atoms with Gasteiger partial charge in [0.15, 0.2) is 0 Å². The lowest BCUT2D eigenvalue weighted by Crippen LogP contribution is -2.41. The maximum atomic E-state index is 11.6. The number of anilines is 1. The first-order valence-corrected chi connectivity index (χ1v) is 7.19. The number of nitrogens with one attached hydrogen (secondary N) is 1. The van der Waals surface area contributed by atoms with E-state index in [9.17, 15) is 4.79 Å². The van der Waals surface area contributed by atoms with Crippen molar-refractivity contribution < 1.29 is 4.79 Å². The highest BCUT2D eigenvalue weighted by Gasteiger charge is 2.17. The Hall–Kier alpha value is -1.81. The van der Waals surface area contributed by atoms with Crippen LogP contribution in [0.5, 0.6) is 0 Å². The van der Waals surface area contributed by atoms with E-state index in [-0.39, 0.29) is 5.91 Å². The van der Waals surface area contributed by atoms with Gasteiger partial charge in [-0.25, -0.2) is 0 Å². The third-order valence-electron chi connectivity index (χ3n) is 3.64. The Balaban J connectivity index is 1.70. The highest BCUT2D eigenvalue weighted by molar-refractivity contribution is 5.81. The SMILES string of the molecule is C=CCC(N)C(=O)NCCCN1CCc2ccccc21. The molecule has 0 saturated heterocycles. The predicted octanol–water partition coefficient (Wildman–Crippen LogP) is 1.46. The lowest BCUT2D eigenvalue weighted by atomic mass is 10.2. The van der Waals surface area contributed by atoms with Crippen LogP contribution in [0.4, 0.5) is 5.69 Å². The van der Waals surface area contributed by atoms with Gasteiger partial charge in [0, 0.05) is 25.3 Å². The molecule has 0 aromatic heterocycles. The Morgan fingerprint density at radius 1 is 1.50 bits per heavy atom. The van der Waals surface area contributed by atoms with E-state index in [0.717, 1.165) is 25.9 Å². The summed E-state index contributed by atoms with van der Waals surface area (Å²) in [5.41, 5.74) is 8.46. The zero-order valence-corrected chi connectivity index (χ0v) is 11.8. The average molecular weight is 273 g/mol. The fraction of sp³-hybridized carbons (Fsp3) is 0.438. The van der Waals surface area contributed by atoms with Crippen LogP contribution in [-0.4, -0.2) is 31.6 Å². The van der Waals surface area contributed by atoms with Crippen molar-refractivity contribution in [1.82, 2.24) is 5.32 Å². The molecule has 0 radical (unpaired) electrons. The van der Waals surface area contributed by atoms with Gasteiger partial charge in [-0.1, -0.05) is 24.3 Å². The van der Waals surface area contributed by atoms with Crippen molar-refractivity contribution in [3.8, 4) is 0 Å². The molecule has 1 atom stereocenters. The van der Waals surface area contributed by atoms with Crippen LogP contribution in [-0.2, 0) is 11.2 Å². The molecular formula is C16H23N3O. The molecule has 1 unspecified atom stereocenters. The quantitative estimate of drug-likeness (QED) is 0.584. The number of benzene rings is 1. The molecule has 1 heterocycles. The molecule has 1 aliphatic heterocycles. The van der Waals surface area contributed by atoms with Crippen LogP contribution in [0.1, 0.15) is 18.4 Å². The highest BCUT2D eigenvalue weighted by Crippen LogP contribution is 2.27. The first kappa shape index (κ1) is 14.6. The lowest BCUT2D eigenvalue weighted by Gasteiger charge is -2.19. The maximum absolute atomic E-state index is 11.6. The van der Waals surface area contributed by atoms with Gasteiger partial charge in [-0.3, -0.25) is 4.79 Å². The fourth-order valence-corrected chi connectivity index (χ4v) is 2.54. The number of nitrogens with two attached hydrogens (primary N) is 1. The van der Waals surface area contributed by atoms with Crippen LogP contribution in [0.2, 0.25) is 0 Å². The van der Waals surface area contributed by atoms with Crippen molar-refractivity contribution in [2.24, 2.45) is 5.73 Å². The third kappa shape index (κ3) is 3.61. The van der Waals surface area contributed by atoms with E-state index in [1.807, 2.05) is 0 Å². The summed E-state index contributed by atoms with van der Waals surface area (Å²) in [6, 6.07) is 8.04. The number of hydrogen-bond donors (Lipinski definition) is 2. The summed E-state index contributed by atoms with van der Waals surface area (Å²) < 4.78 is 0. The van der Waals surface area contributed by atoms with Crippen LogP contribution in [0.25, 0.3) is 0 Å². The van der Waals surface area contributed by atoms with Crippen molar-refractivity contribution in [3.05, 3.63) is 42.5 Å². The van der Waals surface area contributed by atoms with E-state index >= 15 is 0 Å². The van der Waals surface area contributed by atoms with Gasteiger partial charge in [0.25, 0.3) is 0 Å². The monoisotopic (exact) mass is 273 g/mol. The van der Waals surface area contributed by atoms with Crippen LogP contribution >= 0.6 is 0 Å². The summed E-state index contributed by atoms with van der Waals surface area (Å²) in [6.07, 6.45) is 4.24. The van der Waals surface area contributed by atoms with Crippen LogP contribution in [0.15, 0.2) is 36.9 Å². The molecule has 0 spiro atoms. The zero-order valence-electron chi connectivity index (χ0n) is 11.8. The molecule has 2 rings (SSSR count). The second-order valence-corrected chi connectivity index (χ2v) is 5.14. The summed E-state index contributed by atoms with van der Waals surface area (Å²) >= 11 is 0. The lowest BCUT2D eigenvalue weighted by molar-refractivity contribution is -0.122. The van der Waals surface area contributed by atoms with E-state index < -0.39 is 6.04 Å². The molecule has 1 aromatic rings. The number of carbonyl (C=O) groups is 1. The van der Waals surface area contributed by atoms with Gasteiger partial charge in [-0.05, 0) is 30.9 Å². The molecule has 4 heteroatoms. The number of hydrogen-bond acceptors (Lipinski definition) is 3. The van der Waals surface area contributed by atoms with Gasteiger partial charge >= 0.3 is 0 Å². The van der Waals surface area contributed by atoms with E-state index in [4.69, 9.17) is 5.73 Å². The number of amides is 1. The predicted molar refractivity (Wildman–Crippen MR) is 82.8 cm³/mol. The summed E-state index contributed by atoms with van der Waals surface area (Å²) in [5, 5.41) is 2.88. The maximum Gasteiger partial charge on any atom is 0.237 e. The molecule has 0 bridgehead atoms. The number of nitrogens with zero attached hydrogens (tertiary/aromatic N) is 1. The Morgan fingerprint density at radius 3 is 3.10 bits per heavy atom. The summed E-state index contributed by atoms with van der Waals surface area (Å²) in [4.78, 5) is 14.0. The molecule has 0 aliphatic carbocycles. The fourth-order valence-electron chi connectivity index (χ4n) is 2.54. The molecule has 1 amide bonds. The number of rotatable bonds is 7. The minimum absolute atomic E-state index is 0.0910. The van der Waals surface area contributed by atoms with Crippen LogP contribution < -0.4 is 16.0 Å². The topological polar surface area (TPSA) is 58.4 Å². The van der Waals surface area contributed by atoms with Gasteiger partial charge in [0.1, 0.15) is 0 Å². The Bertz CT molecular complexity index is 473. The summed E-state index contributed by atoms with van der Waals surface area (Å²) in [6.45, 7) is 6.29. The van der Waals surface area contributed by atoms with Gasteiger partial charge < -0.3 is 16.0 Å². The third-order valence-corrected chi connectivity index (χ3v) is 3.64. The van der Waals surface area contributed by atoms with E-state index in [1.165, 1.54) is 11.3 Å². The van der Waals surface area contributed by atoms with Crippen molar-refractivity contribution in [1.29, 1.82) is 0 Å². The smallest absolute Gasteiger partial charge is 0.237 e. The molecule has 1 aliphatic rings. The zero-order chi connectivity index (χ0) is 14.4. The Morgan fingerprint density at radius 2 is 2.30 bits per heavy atom. The normalized spacial score (nSPS) is 14.8. The van der Waals surface area contributed by atoms with E-state index in [2.05, 4.69) is 41.1 Å². The number of fused-ring (bicyclic) bond motifs is 1. The van der Waals surface area contributed by atoms with Gasteiger partial charge in [-0.15, -0.1) is 6.58 Å². The first-order chi connectivity index (χ1) is 9.72. The van der Waals surface area contributed by atoms with E-state index in [1.54, 1.807) is 6.08 Å². The van der Waals surface area contributed by atoms with Gasteiger partial charge in [-0.2, -0.15) is 0 Å². The van der Waals surface area contributed by atoms with Crippen LogP contribution in [0, 0.1) is 0 Å². The summed E-state index contributed by atoms with van der Waals surface area (Å²) in [7, 11) is 0. The first-order valence-electron chi connectivity index (χ1n) is 7.19. The van der Waals surface area contributed by atoms with Gasteiger partial charge in [0.05, 0.1) is 6.04 Å². The molecule has 108 valence electrons. The molecule has 3 N–H and O–H groups in total. The Labute approximate surface area is 120 Å². The molecule has 1 aromatic carbocycles. The molecule has 0 saturated carbocycles. The van der Waals surface area contributed by atoms with Crippen molar-refractivity contribution in [2.75, 3.05) is 24.5 Å². The van der Waals surface area contributed by atoms with E-state index in [0.29, 0.717) is 13.0 Å². The van der Waals surface area contributed by atoms with Crippen molar-refractivity contribution in [3.63, 3.8) is 0 Å². The standard InChI is InChI=1S/C16H23N3O/c1-2-6-14(17)16(20)18-10-5-11-19-12-9-13-7-3-4-8-15(13)19/h2-4,7-8,14H,1,5-6,9-12,17H2,(H,18,20). The largest absolute Gasteiger partial charge is 0.371 e. The van der Waals surface area contributed by atoms with Crippen LogP contribution in [0.3, 0.4) is 0 Å². The molecule has 0 fully saturated rings. The molecule has 20 heavy (non-hydrogen) atoms. The second-order valence-electron chi connectivity index (χ2n) is 5.14. The average Bonchev–Trinajstić information content (AvgIpc) is 2.87. The second kappa shape index (κ2) is 7.10. The van der Waals surface area contributed by atoms with Gasteiger partial charge in [0.2, 0.25) is 5.91 Å². The number of para-hydroxylation sites is 1. The Kier molecular flexibility index (Phi) is 5.18. The number of carbonyl (C=O) groups excluding carboxylic acids is 1. The van der Waals surface area contributed by atoms with Crippen molar-refractivity contribution in [2.45, 2.75) is 25.3 Å². The minimum Gasteiger partial charge on any atom is -0.371 e. The van der Waals surface area contributed by atoms with Crippen molar-refractivity contribution >= 4 is 11.6 Å².